The highest BCUT2D eigenvalue weighted by Crippen LogP contribution is 2.13. The number of nitrogens with one attached hydrogen (secondary N) is 2. The summed E-state index contributed by atoms with van der Waals surface area (Å²) in [5.41, 5.74) is 0. The topological polar surface area (TPSA) is 61.4 Å². The molecule has 2 amide bonds. The Hall–Kier alpha value is -1.10. The number of hydrogen-bond acceptors (Lipinski definition) is 3. The summed E-state index contributed by atoms with van der Waals surface area (Å²) in [5.74, 6) is 0.139. The van der Waals surface area contributed by atoms with Crippen LogP contribution in [0.4, 0.5) is 0 Å². The van der Waals surface area contributed by atoms with E-state index >= 15 is 0 Å². The highest BCUT2D eigenvalue weighted by molar-refractivity contribution is 5.83. The molecule has 0 spiro atoms. The molecule has 96 valence electrons. The molecule has 1 unspecified atom stereocenters. The number of likely N-dealkylation sites (tertiary alicyclic amines) is 1. The summed E-state index contributed by atoms with van der Waals surface area (Å²) in [6.07, 6.45) is 3.22. The van der Waals surface area contributed by atoms with E-state index in [0.29, 0.717) is 25.4 Å². The Balaban J connectivity index is 1.75. The van der Waals surface area contributed by atoms with Gasteiger partial charge in [-0.25, -0.2) is 0 Å². The fourth-order valence-electron chi connectivity index (χ4n) is 2.43. The standard InChI is InChI=1S/C12H21N3O2/c1-15-6-4-10(5-7-15)14-12(17)9-2-3-11(16)13-8-9/h9-10H,2-8H2,1H3,(H,13,16)(H,14,17). The van der Waals surface area contributed by atoms with Crippen molar-refractivity contribution >= 4 is 11.8 Å². The summed E-state index contributed by atoms with van der Waals surface area (Å²) >= 11 is 0. The fourth-order valence-corrected chi connectivity index (χ4v) is 2.43. The van der Waals surface area contributed by atoms with Gasteiger partial charge in [-0.3, -0.25) is 9.59 Å². The number of amides is 2. The van der Waals surface area contributed by atoms with Gasteiger partial charge in [0.05, 0.1) is 5.92 Å². The molecule has 0 aromatic rings. The minimum atomic E-state index is -0.0349. The maximum Gasteiger partial charge on any atom is 0.225 e. The molecule has 2 rings (SSSR count). The van der Waals surface area contributed by atoms with Crippen molar-refractivity contribution in [3.63, 3.8) is 0 Å². The molecule has 2 fully saturated rings. The van der Waals surface area contributed by atoms with Crippen LogP contribution in [-0.2, 0) is 9.59 Å². The van der Waals surface area contributed by atoms with E-state index in [1.54, 1.807) is 0 Å². The van der Waals surface area contributed by atoms with Gasteiger partial charge in [0.25, 0.3) is 0 Å². The Labute approximate surface area is 102 Å². The van der Waals surface area contributed by atoms with E-state index in [1.807, 2.05) is 0 Å². The number of carbonyl (C=O) groups excluding carboxylic acids is 2. The molecule has 0 aromatic carbocycles. The largest absolute Gasteiger partial charge is 0.355 e. The van der Waals surface area contributed by atoms with Crippen LogP contribution >= 0.6 is 0 Å². The first-order chi connectivity index (χ1) is 8.15. The summed E-state index contributed by atoms with van der Waals surface area (Å²) in [6, 6.07) is 0.316. The summed E-state index contributed by atoms with van der Waals surface area (Å²) in [4.78, 5) is 25.3. The lowest BCUT2D eigenvalue weighted by molar-refractivity contribution is -0.129. The lowest BCUT2D eigenvalue weighted by Gasteiger charge is -2.31. The molecule has 17 heavy (non-hydrogen) atoms. The first kappa shape index (κ1) is 12.4. The Kier molecular flexibility index (Phi) is 3.99. The van der Waals surface area contributed by atoms with E-state index in [0.717, 1.165) is 25.9 Å². The Morgan fingerprint density at radius 1 is 1.35 bits per heavy atom. The summed E-state index contributed by atoms with van der Waals surface area (Å²) in [5, 5.41) is 5.86. The van der Waals surface area contributed by atoms with E-state index in [1.165, 1.54) is 0 Å². The smallest absolute Gasteiger partial charge is 0.225 e. The SMILES string of the molecule is CN1CCC(NC(=O)C2CCC(=O)NC2)CC1. The van der Waals surface area contributed by atoms with Gasteiger partial charge in [-0.15, -0.1) is 0 Å². The maximum atomic E-state index is 12.0. The van der Waals surface area contributed by atoms with Gasteiger partial charge in [0.15, 0.2) is 0 Å². The fraction of sp³-hybridized carbons (Fsp3) is 0.833. The zero-order valence-corrected chi connectivity index (χ0v) is 10.4. The van der Waals surface area contributed by atoms with Crippen LogP contribution in [0.5, 0.6) is 0 Å². The van der Waals surface area contributed by atoms with Crippen LogP contribution in [0, 0.1) is 5.92 Å². The normalized spacial score (nSPS) is 27.6. The Morgan fingerprint density at radius 2 is 2.06 bits per heavy atom. The van der Waals surface area contributed by atoms with Gasteiger partial charge in [0, 0.05) is 19.0 Å². The second kappa shape index (κ2) is 5.49. The molecule has 0 bridgehead atoms. The molecular formula is C12H21N3O2. The zero-order valence-electron chi connectivity index (χ0n) is 10.4. The van der Waals surface area contributed by atoms with E-state index in [-0.39, 0.29) is 17.7 Å². The zero-order chi connectivity index (χ0) is 12.3. The van der Waals surface area contributed by atoms with Crippen LogP contribution in [0.1, 0.15) is 25.7 Å². The lowest BCUT2D eigenvalue weighted by atomic mass is 9.97. The third kappa shape index (κ3) is 3.43. The molecule has 1 atom stereocenters. The van der Waals surface area contributed by atoms with Crippen molar-refractivity contribution in [3.8, 4) is 0 Å². The Morgan fingerprint density at radius 3 is 2.65 bits per heavy atom. The van der Waals surface area contributed by atoms with E-state index in [4.69, 9.17) is 0 Å². The van der Waals surface area contributed by atoms with Crippen molar-refractivity contribution in [1.82, 2.24) is 15.5 Å². The molecule has 0 aliphatic carbocycles. The monoisotopic (exact) mass is 239 g/mol. The molecule has 2 N–H and O–H groups in total. The summed E-state index contributed by atoms with van der Waals surface area (Å²) in [6.45, 7) is 2.59. The number of carbonyl (C=O) groups is 2. The number of piperidine rings is 2. The van der Waals surface area contributed by atoms with Gasteiger partial charge in [-0.2, -0.15) is 0 Å². The molecule has 2 saturated heterocycles. The van der Waals surface area contributed by atoms with Crippen molar-refractivity contribution in [2.75, 3.05) is 26.7 Å². The first-order valence-corrected chi connectivity index (χ1v) is 6.41. The highest BCUT2D eigenvalue weighted by atomic mass is 16.2. The highest BCUT2D eigenvalue weighted by Gasteiger charge is 2.26. The molecule has 2 aliphatic rings. The van der Waals surface area contributed by atoms with Crippen LogP contribution in [0.2, 0.25) is 0 Å². The van der Waals surface area contributed by atoms with Crippen LogP contribution in [0.3, 0.4) is 0 Å². The van der Waals surface area contributed by atoms with E-state index in [9.17, 15) is 9.59 Å². The van der Waals surface area contributed by atoms with E-state index < -0.39 is 0 Å². The molecule has 2 aliphatic heterocycles. The molecule has 0 aromatic heterocycles. The first-order valence-electron chi connectivity index (χ1n) is 6.41. The van der Waals surface area contributed by atoms with Crippen molar-refractivity contribution in [2.24, 2.45) is 5.92 Å². The third-order valence-electron chi connectivity index (χ3n) is 3.70. The number of nitrogens with zero attached hydrogens (tertiary/aromatic N) is 1. The average Bonchev–Trinajstić information content (AvgIpc) is 2.33. The van der Waals surface area contributed by atoms with Crippen molar-refractivity contribution in [2.45, 2.75) is 31.7 Å². The minimum Gasteiger partial charge on any atom is -0.355 e. The molecule has 0 saturated carbocycles. The molecule has 5 nitrogen and oxygen atoms in total. The lowest BCUT2D eigenvalue weighted by Crippen LogP contribution is -2.48. The predicted octanol–water partition coefficient (Wildman–Crippen LogP) is -0.277. The summed E-state index contributed by atoms with van der Waals surface area (Å²) in [7, 11) is 2.11. The molecular weight excluding hydrogens is 218 g/mol. The van der Waals surface area contributed by atoms with Crippen molar-refractivity contribution in [3.05, 3.63) is 0 Å². The number of rotatable bonds is 2. The number of hydrogen-bond donors (Lipinski definition) is 2. The second-order valence-corrected chi connectivity index (χ2v) is 5.13. The summed E-state index contributed by atoms with van der Waals surface area (Å²) < 4.78 is 0. The van der Waals surface area contributed by atoms with Gasteiger partial charge in [0.2, 0.25) is 11.8 Å². The predicted molar refractivity (Wildman–Crippen MR) is 64.4 cm³/mol. The van der Waals surface area contributed by atoms with Crippen LogP contribution < -0.4 is 10.6 Å². The van der Waals surface area contributed by atoms with Gasteiger partial charge < -0.3 is 15.5 Å². The second-order valence-electron chi connectivity index (χ2n) is 5.13. The minimum absolute atomic E-state index is 0.0349. The molecule has 0 radical (unpaired) electrons. The molecule has 2 heterocycles. The van der Waals surface area contributed by atoms with E-state index in [2.05, 4.69) is 22.6 Å². The Bertz CT molecular complexity index is 288. The van der Waals surface area contributed by atoms with Gasteiger partial charge in [-0.05, 0) is 39.4 Å². The maximum absolute atomic E-state index is 12.0. The van der Waals surface area contributed by atoms with Crippen molar-refractivity contribution in [1.29, 1.82) is 0 Å². The van der Waals surface area contributed by atoms with Gasteiger partial charge in [-0.1, -0.05) is 0 Å². The van der Waals surface area contributed by atoms with Crippen molar-refractivity contribution < 1.29 is 9.59 Å². The quantitative estimate of drug-likeness (QED) is 0.697. The van der Waals surface area contributed by atoms with Crippen LogP contribution in [0.15, 0.2) is 0 Å². The third-order valence-corrected chi connectivity index (χ3v) is 3.70. The van der Waals surface area contributed by atoms with Gasteiger partial charge >= 0.3 is 0 Å². The van der Waals surface area contributed by atoms with Crippen LogP contribution in [-0.4, -0.2) is 49.4 Å². The molecule has 5 heteroatoms. The van der Waals surface area contributed by atoms with Crippen LogP contribution in [0.25, 0.3) is 0 Å². The van der Waals surface area contributed by atoms with Gasteiger partial charge in [0.1, 0.15) is 0 Å². The average molecular weight is 239 g/mol.